The molecule has 0 radical (unpaired) electrons. The number of aromatic nitrogens is 3. The van der Waals surface area contributed by atoms with Crippen LogP contribution in [0.2, 0.25) is 0 Å². The molecule has 1 aromatic heterocycles. The largest absolute Gasteiger partial charge is 0.377 e. The lowest BCUT2D eigenvalue weighted by Crippen LogP contribution is -2.47. The standard InChI is InChI=1S/C19H29N7O3S/c1-4-21-19(22-11-14-5-8-16(9-6-14)30(27,28)20-2)23-15-7-10-18-24-17(13-29-3)25-26(18)12-15/h5-6,8-9,15,20H,4,7,10-13H2,1-3H3,(H2,21,22,23). The lowest BCUT2D eigenvalue weighted by atomic mass is 10.1. The highest BCUT2D eigenvalue weighted by Crippen LogP contribution is 2.14. The number of nitrogens with one attached hydrogen (secondary N) is 3. The minimum absolute atomic E-state index is 0.190. The van der Waals surface area contributed by atoms with Crippen molar-refractivity contribution in [1.82, 2.24) is 30.1 Å². The quantitative estimate of drug-likeness (QED) is 0.405. The van der Waals surface area contributed by atoms with Crippen molar-refractivity contribution >= 4 is 16.0 Å². The van der Waals surface area contributed by atoms with E-state index in [1.54, 1.807) is 31.4 Å². The molecule has 1 aromatic carbocycles. The number of hydrogen-bond acceptors (Lipinski definition) is 6. The van der Waals surface area contributed by atoms with Crippen LogP contribution >= 0.6 is 0 Å². The number of benzene rings is 1. The van der Waals surface area contributed by atoms with Crippen LogP contribution in [0.4, 0.5) is 0 Å². The zero-order valence-electron chi connectivity index (χ0n) is 17.6. The highest BCUT2D eigenvalue weighted by atomic mass is 32.2. The first-order chi connectivity index (χ1) is 14.4. The number of hydrogen-bond donors (Lipinski definition) is 3. The highest BCUT2D eigenvalue weighted by Gasteiger charge is 2.22. The maximum Gasteiger partial charge on any atom is 0.240 e. The second-order valence-corrected chi connectivity index (χ2v) is 8.87. The van der Waals surface area contributed by atoms with Gasteiger partial charge in [-0.25, -0.2) is 27.8 Å². The van der Waals surface area contributed by atoms with Gasteiger partial charge in [0.05, 0.1) is 18.0 Å². The molecule has 0 bridgehead atoms. The van der Waals surface area contributed by atoms with Gasteiger partial charge in [0, 0.05) is 26.1 Å². The van der Waals surface area contributed by atoms with Gasteiger partial charge in [0.15, 0.2) is 11.8 Å². The Morgan fingerprint density at radius 3 is 2.77 bits per heavy atom. The van der Waals surface area contributed by atoms with E-state index in [9.17, 15) is 8.42 Å². The van der Waals surface area contributed by atoms with E-state index in [-0.39, 0.29) is 10.9 Å². The number of sulfonamides is 1. The third-order valence-electron chi connectivity index (χ3n) is 4.78. The number of aliphatic imine (C=N–C) groups is 1. The van der Waals surface area contributed by atoms with Crippen molar-refractivity contribution in [3.63, 3.8) is 0 Å². The zero-order valence-corrected chi connectivity index (χ0v) is 18.4. The summed E-state index contributed by atoms with van der Waals surface area (Å²) in [5.74, 6) is 2.41. The second-order valence-electron chi connectivity index (χ2n) is 6.99. The molecule has 2 aromatic rings. The van der Waals surface area contributed by atoms with Gasteiger partial charge in [-0.15, -0.1) is 0 Å². The van der Waals surface area contributed by atoms with Gasteiger partial charge in [0.25, 0.3) is 0 Å². The first-order valence-electron chi connectivity index (χ1n) is 9.94. The van der Waals surface area contributed by atoms with Crippen LogP contribution in [0.25, 0.3) is 0 Å². The Bertz CT molecular complexity index is 971. The molecule has 1 unspecified atom stereocenters. The average molecular weight is 436 g/mol. The minimum Gasteiger partial charge on any atom is -0.377 e. The summed E-state index contributed by atoms with van der Waals surface area (Å²) in [6.45, 7) is 4.32. The van der Waals surface area contributed by atoms with E-state index in [1.807, 2.05) is 11.6 Å². The van der Waals surface area contributed by atoms with Gasteiger partial charge in [-0.3, -0.25) is 0 Å². The Morgan fingerprint density at radius 1 is 1.33 bits per heavy atom. The lowest BCUT2D eigenvalue weighted by Gasteiger charge is -2.25. The molecule has 0 spiro atoms. The third-order valence-corrected chi connectivity index (χ3v) is 6.21. The van der Waals surface area contributed by atoms with Crippen LogP contribution in [0, 0.1) is 0 Å². The van der Waals surface area contributed by atoms with Gasteiger partial charge in [-0.05, 0) is 38.1 Å². The van der Waals surface area contributed by atoms with E-state index < -0.39 is 10.0 Å². The van der Waals surface area contributed by atoms with Crippen LogP contribution in [0.5, 0.6) is 0 Å². The summed E-state index contributed by atoms with van der Waals surface area (Å²) in [7, 11) is -0.400. The van der Waals surface area contributed by atoms with Crippen LogP contribution in [-0.2, 0) is 40.9 Å². The van der Waals surface area contributed by atoms with Crippen LogP contribution in [0.3, 0.4) is 0 Å². The predicted molar refractivity (Wildman–Crippen MR) is 113 cm³/mol. The van der Waals surface area contributed by atoms with Crippen molar-refractivity contribution in [3.8, 4) is 0 Å². The van der Waals surface area contributed by atoms with Gasteiger partial charge in [-0.1, -0.05) is 12.1 Å². The summed E-state index contributed by atoms with van der Waals surface area (Å²) in [6, 6.07) is 6.91. The molecule has 2 heterocycles. The van der Waals surface area contributed by atoms with E-state index in [2.05, 4.69) is 30.4 Å². The summed E-state index contributed by atoms with van der Waals surface area (Å²) in [5.41, 5.74) is 0.925. The maximum absolute atomic E-state index is 11.8. The summed E-state index contributed by atoms with van der Waals surface area (Å²) < 4.78 is 33.0. The molecule has 1 aliphatic heterocycles. The summed E-state index contributed by atoms with van der Waals surface area (Å²) in [5, 5.41) is 11.2. The Balaban J connectivity index is 1.63. The molecular weight excluding hydrogens is 406 g/mol. The first-order valence-corrected chi connectivity index (χ1v) is 11.4. The Morgan fingerprint density at radius 2 is 2.10 bits per heavy atom. The predicted octanol–water partition coefficient (Wildman–Crippen LogP) is 0.403. The van der Waals surface area contributed by atoms with Crippen molar-refractivity contribution in [2.75, 3.05) is 20.7 Å². The molecular formula is C19H29N7O3S. The Labute approximate surface area is 177 Å². The molecule has 1 aliphatic rings. The van der Waals surface area contributed by atoms with Crippen molar-refractivity contribution in [2.45, 2.75) is 50.4 Å². The van der Waals surface area contributed by atoms with Gasteiger partial charge < -0.3 is 15.4 Å². The number of methoxy groups -OCH3 is 1. The molecule has 3 rings (SSSR count). The van der Waals surface area contributed by atoms with E-state index in [0.29, 0.717) is 25.5 Å². The van der Waals surface area contributed by atoms with Gasteiger partial charge in [0.1, 0.15) is 12.4 Å². The van der Waals surface area contributed by atoms with Crippen LogP contribution in [-0.4, -0.2) is 55.9 Å². The fourth-order valence-electron chi connectivity index (χ4n) is 3.24. The smallest absolute Gasteiger partial charge is 0.240 e. The molecule has 3 N–H and O–H groups in total. The van der Waals surface area contributed by atoms with Crippen molar-refractivity contribution in [1.29, 1.82) is 0 Å². The molecule has 30 heavy (non-hydrogen) atoms. The van der Waals surface area contributed by atoms with Crippen molar-refractivity contribution in [3.05, 3.63) is 41.5 Å². The fraction of sp³-hybridized carbons (Fsp3) is 0.526. The van der Waals surface area contributed by atoms with Crippen molar-refractivity contribution in [2.24, 2.45) is 4.99 Å². The summed E-state index contributed by atoms with van der Waals surface area (Å²) in [4.78, 5) is 9.38. The average Bonchev–Trinajstić information content (AvgIpc) is 3.14. The monoisotopic (exact) mass is 435 g/mol. The number of rotatable bonds is 8. The lowest BCUT2D eigenvalue weighted by molar-refractivity contribution is 0.177. The number of aryl methyl sites for hydroxylation is 1. The van der Waals surface area contributed by atoms with Crippen LogP contribution in [0.1, 0.15) is 30.6 Å². The Kier molecular flexibility index (Phi) is 7.40. The topological polar surface area (TPSA) is 123 Å². The molecule has 11 heteroatoms. The zero-order chi connectivity index (χ0) is 21.6. The molecule has 0 saturated carbocycles. The van der Waals surface area contributed by atoms with E-state index >= 15 is 0 Å². The molecule has 0 amide bonds. The second kappa shape index (κ2) is 10.0. The number of nitrogens with zero attached hydrogens (tertiary/aromatic N) is 4. The maximum atomic E-state index is 11.8. The van der Waals surface area contributed by atoms with Crippen molar-refractivity contribution < 1.29 is 13.2 Å². The Hall–Kier alpha value is -2.50. The molecule has 0 fully saturated rings. The number of guanidine groups is 1. The summed E-state index contributed by atoms with van der Waals surface area (Å²) >= 11 is 0. The van der Waals surface area contributed by atoms with Gasteiger partial charge in [0.2, 0.25) is 10.0 Å². The molecule has 0 aliphatic carbocycles. The molecule has 10 nitrogen and oxygen atoms in total. The van der Waals surface area contributed by atoms with Gasteiger partial charge >= 0.3 is 0 Å². The summed E-state index contributed by atoms with van der Waals surface area (Å²) in [6.07, 6.45) is 1.78. The number of ether oxygens (including phenoxy) is 1. The fourth-order valence-corrected chi connectivity index (χ4v) is 3.97. The minimum atomic E-state index is -3.43. The van der Waals surface area contributed by atoms with Gasteiger partial charge in [-0.2, -0.15) is 5.10 Å². The molecule has 0 saturated heterocycles. The third kappa shape index (κ3) is 5.55. The molecule has 1 atom stereocenters. The first kappa shape index (κ1) is 22.2. The van der Waals surface area contributed by atoms with Crippen LogP contribution in [0.15, 0.2) is 34.2 Å². The normalized spacial score (nSPS) is 16.9. The SMILES string of the molecule is CCNC(=NCc1ccc(S(=O)(=O)NC)cc1)NC1CCc2nc(COC)nn2C1. The van der Waals surface area contributed by atoms with E-state index in [0.717, 1.165) is 36.7 Å². The van der Waals surface area contributed by atoms with Crippen LogP contribution < -0.4 is 15.4 Å². The molecule has 164 valence electrons. The van der Waals surface area contributed by atoms with E-state index in [1.165, 1.54) is 7.05 Å². The van der Waals surface area contributed by atoms with E-state index in [4.69, 9.17) is 4.74 Å². The highest BCUT2D eigenvalue weighted by molar-refractivity contribution is 7.89. The number of fused-ring (bicyclic) bond motifs is 1.